The Balaban J connectivity index is 2.35. The molecule has 0 spiro atoms. The highest BCUT2D eigenvalue weighted by atomic mass is 32.2. The zero-order chi connectivity index (χ0) is 13.2. The molecule has 0 aliphatic carbocycles. The van der Waals surface area contributed by atoms with Crippen LogP contribution in [0.1, 0.15) is 6.42 Å². The highest BCUT2D eigenvalue weighted by Gasteiger charge is 2.32. The summed E-state index contributed by atoms with van der Waals surface area (Å²) in [6, 6.07) is 1.55. The quantitative estimate of drug-likeness (QED) is 0.865. The molecule has 2 rings (SSSR count). The fraction of sp³-hybridized carbons (Fsp3) is 0.545. The molecule has 0 saturated carbocycles. The van der Waals surface area contributed by atoms with Crippen LogP contribution in [0.15, 0.2) is 23.4 Å². The number of nitrogens with one attached hydrogen (secondary N) is 1. The van der Waals surface area contributed by atoms with E-state index in [-0.39, 0.29) is 10.9 Å². The van der Waals surface area contributed by atoms with Crippen molar-refractivity contribution in [2.24, 2.45) is 0 Å². The van der Waals surface area contributed by atoms with Crippen LogP contribution in [-0.4, -0.2) is 51.1 Å². The summed E-state index contributed by atoms with van der Waals surface area (Å²) in [5.74, 6) is 0. The van der Waals surface area contributed by atoms with Gasteiger partial charge in [-0.05, 0) is 12.5 Å². The first-order chi connectivity index (χ1) is 8.57. The molecule has 1 aliphatic heterocycles. The van der Waals surface area contributed by atoms with Gasteiger partial charge in [-0.15, -0.1) is 0 Å². The van der Waals surface area contributed by atoms with Crippen LogP contribution in [0.2, 0.25) is 0 Å². The van der Waals surface area contributed by atoms with E-state index in [0.29, 0.717) is 18.9 Å². The van der Waals surface area contributed by atoms with Crippen molar-refractivity contribution in [3.8, 4) is 0 Å². The molecule has 2 heterocycles. The summed E-state index contributed by atoms with van der Waals surface area (Å²) in [7, 11) is -0.265. The molecule has 7 heteroatoms. The van der Waals surface area contributed by atoms with Gasteiger partial charge in [-0.25, -0.2) is 8.42 Å². The summed E-state index contributed by atoms with van der Waals surface area (Å²) in [5, 5.41) is 2.87. The fourth-order valence-corrected chi connectivity index (χ4v) is 3.46. The van der Waals surface area contributed by atoms with Crippen LogP contribution < -0.4 is 5.32 Å². The Kier molecular flexibility index (Phi) is 3.84. The summed E-state index contributed by atoms with van der Waals surface area (Å²) in [4.78, 5) is 4.09. The molecule has 1 aromatic rings. The van der Waals surface area contributed by atoms with Crippen molar-refractivity contribution in [3.05, 3.63) is 18.5 Å². The Morgan fingerprint density at radius 2 is 2.33 bits per heavy atom. The van der Waals surface area contributed by atoms with E-state index >= 15 is 0 Å². The minimum Gasteiger partial charge on any atom is -0.387 e. The smallest absolute Gasteiger partial charge is 0.246 e. The van der Waals surface area contributed by atoms with Crippen LogP contribution in [0.5, 0.6) is 0 Å². The predicted octanol–water partition coefficient (Wildman–Crippen LogP) is 0.533. The summed E-state index contributed by atoms with van der Waals surface area (Å²) in [6.07, 6.45) is 3.65. The minimum absolute atomic E-state index is 0.0973. The number of hydrogen-bond acceptors (Lipinski definition) is 5. The first-order valence-electron chi connectivity index (χ1n) is 5.75. The van der Waals surface area contributed by atoms with Crippen molar-refractivity contribution < 1.29 is 13.2 Å². The standard InChI is InChI=1S/C11H17N3O3S/c1-12-10-3-5-13-7-11(10)18(15,16)14(2)9-4-6-17-8-9/h3,5,7,9H,4,6,8H2,1-2H3,(H,12,13). The second-order valence-electron chi connectivity index (χ2n) is 4.16. The first-order valence-corrected chi connectivity index (χ1v) is 7.19. The number of sulfonamides is 1. The Morgan fingerprint density at radius 3 is 2.94 bits per heavy atom. The number of pyridine rings is 1. The number of anilines is 1. The van der Waals surface area contributed by atoms with Crippen LogP contribution in [-0.2, 0) is 14.8 Å². The van der Waals surface area contributed by atoms with E-state index in [0.717, 1.165) is 6.42 Å². The first kappa shape index (κ1) is 13.3. The maximum absolute atomic E-state index is 12.5. The summed E-state index contributed by atoms with van der Waals surface area (Å²) < 4.78 is 31.6. The van der Waals surface area contributed by atoms with Crippen molar-refractivity contribution in [2.45, 2.75) is 17.4 Å². The Labute approximate surface area is 107 Å². The van der Waals surface area contributed by atoms with Gasteiger partial charge in [-0.2, -0.15) is 4.31 Å². The van der Waals surface area contributed by atoms with E-state index in [4.69, 9.17) is 4.74 Å². The number of rotatable bonds is 4. The molecule has 18 heavy (non-hydrogen) atoms. The lowest BCUT2D eigenvalue weighted by molar-refractivity contribution is 0.181. The van der Waals surface area contributed by atoms with Gasteiger partial charge < -0.3 is 10.1 Å². The van der Waals surface area contributed by atoms with Crippen LogP contribution in [0.25, 0.3) is 0 Å². The SMILES string of the molecule is CNc1ccncc1S(=O)(=O)N(C)C1CCOC1. The molecule has 1 aliphatic rings. The summed E-state index contributed by atoms with van der Waals surface area (Å²) in [6.45, 7) is 1.06. The summed E-state index contributed by atoms with van der Waals surface area (Å²) in [5.41, 5.74) is 0.552. The van der Waals surface area contributed by atoms with Crippen molar-refractivity contribution in [3.63, 3.8) is 0 Å². The lowest BCUT2D eigenvalue weighted by atomic mass is 10.3. The van der Waals surface area contributed by atoms with Crippen LogP contribution in [0.4, 0.5) is 5.69 Å². The Bertz CT molecular complexity index is 512. The molecule has 1 atom stereocenters. The molecule has 0 radical (unpaired) electrons. The van der Waals surface area contributed by atoms with E-state index in [1.54, 1.807) is 26.4 Å². The van der Waals surface area contributed by atoms with Gasteiger partial charge in [0.15, 0.2) is 0 Å². The van der Waals surface area contributed by atoms with E-state index in [2.05, 4.69) is 10.3 Å². The largest absolute Gasteiger partial charge is 0.387 e. The maximum Gasteiger partial charge on any atom is 0.246 e. The lowest BCUT2D eigenvalue weighted by Crippen LogP contribution is -2.37. The second kappa shape index (κ2) is 5.21. The van der Waals surface area contributed by atoms with Gasteiger partial charge in [0.25, 0.3) is 0 Å². The molecule has 1 aromatic heterocycles. The highest BCUT2D eigenvalue weighted by Crippen LogP contribution is 2.25. The van der Waals surface area contributed by atoms with Crippen molar-refractivity contribution >= 4 is 15.7 Å². The van der Waals surface area contributed by atoms with Crippen molar-refractivity contribution in [1.82, 2.24) is 9.29 Å². The maximum atomic E-state index is 12.5. The minimum atomic E-state index is -3.54. The van der Waals surface area contributed by atoms with Crippen LogP contribution in [0, 0.1) is 0 Å². The predicted molar refractivity (Wildman–Crippen MR) is 68.0 cm³/mol. The zero-order valence-corrected chi connectivity index (χ0v) is 11.3. The molecule has 100 valence electrons. The van der Waals surface area contributed by atoms with Gasteiger partial charge >= 0.3 is 0 Å². The molecular weight excluding hydrogens is 254 g/mol. The Morgan fingerprint density at radius 1 is 1.56 bits per heavy atom. The lowest BCUT2D eigenvalue weighted by Gasteiger charge is -2.23. The molecule has 1 fully saturated rings. The van der Waals surface area contributed by atoms with Crippen LogP contribution in [0.3, 0.4) is 0 Å². The van der Waals surface area contributed by atoms with Gasteiger partial charge in [0, 0.05) is 33.1 Å². The second-order valence-corrected chi connectivity index (χ2v) is 6.13. The third-order valence-electron chi connectivity index (χ3n) is 3.13. The number of likely N-dealkylation sites (N-methyl/N-ethyl adjacent to an activating group) is 1. The van der Waals surface area contributed by atoms with E-state index < -0.39 is 10.0 Å². The fourth-order valence-electron chi connectivity index (χ4n) is 1.95. The molecule has 6 nitrogen and oxygen atoms in total. The average Bonchev–Trinajstić information content (AvgIpc) is 2.91. The van der Waals surface area contributed by atoms with Gasteiger partial charge in [-0.1, -0.05) is 0 Å². The number of hydrogen-bond donors (Lipinski definition) is 1. The third-order valence-corrected chi connectivity index (χ3v) is 5.07. The average molecular weight is 271 g/mol. The highest BCUT2D eigenvalue weighted by molar-refractivity contribution is 7.89. The molecule has 0 aromatic carbocycles. The van der Waals surface area contributed by atoms with E-state index in [9.17, 15) is 8.42 Å². The van der Waals surface area contributed by atoms with Crippen LogP contribution >= 0.6 is 0 Å². The molecular formula is C11H17N3O3S. The van der Waals surface area contributed by atoms with Gasteiger partial charge in [-0.3, -0.25) is 4.98 Å². The number of ether oxygens (including phenoxy) is 1. The van der Waals surface area contributed by atoms with Gasteiger partial charge in [0.1, 0.15) is 4.90 Å². The molecule has 1 unspecified atom stereocenters. The van der Waals surface area contributed by atoms with E-state index in [1.165, 1.54) is 10.5 Å². The van der Waals surface area contributed by atoms with Gasteiger partial charge in [0.2, 0.25) is 10.0 Å². The molecule has 1 saturated heterocycles. The van der Waals surface area contributed by atoms with E-state index in [1.807, 2.05) is 0 Å². The molecule has 1 N–H and O–H groups in total. The third kappa shape index (κ3) is 2.33. The molecule has 0 bridgehead atoms. The monoisotopic (exact) mass is 271 g/mol. The topological polar surface area (TPSA) is 71.5 Å². The van der Waals surface area contributed by atoms with Crippen molar-refractivity contribution in [1.29, 1.82) is 0 Å². The Hall–Kier alpha value is -1.18. The number of aromatic nitrogens is 1. The molecule has 0 amide bonds. The zero-order valence-electron chi connectivity index (χ0n) is 10.5. The summed E-state index contributed by atoms with van der Waals surface area (Å²) >= 11 is 0. The van der Waals surface area contributed by atoms with Gasteiger partial charge in [0.05, 0.1) is 18.3 Å². The van der Waals surface area contributed by atoms with Crippen molar-refractivity contribution in [2.75, 3.05) is 32.6 Å². The number of nitrogens with zero attached hydrogens (tertiary/aromatic N) is 2. The normalized spacial score (nSPS) is 20.3.